The van der Waals surface area contributed by atoms with Gasteiger partial charge in [-0.05, 0) is 42.2 Å². The van der Waals surface area contributed by atoms with Gasteiger partial charge in [-0.1, -0.05) is 11.3 Å². The first-order valence-corrected chi connectivity index (χ1v) is 8.72. The molecule has 0 radical (unpaired) electrons. The number of benzene rings is 1. The molecule has 0 unspecified atom stereocenters. The molecule has 0 aliphatic carbocycles. The molecule has 0 spiro atoms. The SMILES string of the molecule is O=C(Nc1ncc(-c2ccc3c(c2)CCO3)s1)C1CCOCC1. The van der Waals surface area contributed by atoms with Crippen molar-refractivity contribution in [2.75, 3.05) is 25.1 Å². The van der Waals surface area contributed by atoms with E-state index in [-0.39, 0.29) is 11.8 Å². The van der Waals surface area contributed by atoms with E-state index in [0.717, 1.165) is 42.1 Å². The van der Waals surface area contributed by atoms with Crippen molar-refractivity contribution in [3.8, 4) is 16.2 Å². The minimum Gasteiger partial charge on any atom is -0.493 e. The van der Waals surface area contributed by atoms with Crippen molar-refractivity contribution in [3.63, 3.8) is 0 Å². The smallest absolute Gasteiger partial charge is 0.229 e. The number of amides is 1. The highest BCUT2D eigenvalue weighted by atomic mass is 32.1. The number of aromatic nitrogens is 1. The maximum absolute atomic E-state index is 12.3. The summed E-state index contributed by atoms with van der Waals surface area (Å²) in [5.74, 6) is 1.07. The number of nitrogens with one attached hydrogen (secondary N) is 1. The molecule has 0 atom stereocenters. The van der Waals surface area contributed by atoms with Gasteiger partial charge in [-0.15, -0.1) is 0 Å². The molecule has 120 valence electrons. The van der Waals surface area contributed by atoms with Crippen molar-refractivity contribution >= 4 is 22.4 Å². The van der Waals surface area contributed by atoms with Crippen LogP contribution in [-0.2, 0) is 16.0 Å². The molecule has 5 nitrogen and oxygen atoms in total. The molecule has 1 N–H and O–H groups in total. The lowest BCUT2D eigenvalue weighted by atomic mass is 10.00. The van der Waals surface area contributed by atoms with Crippen LogP contribution < -0.4 is 10.1 Å². The second-order valence-electron chi connectivity index (χ2n) is 5.83. The normalized spacial score (nSPS) is 17.6. The first-order valence-electron chi connectivity index (χ1n) is 7.90. The lowest BCUT2D eigenvalue weighted by molar-refractivity contribution is -0.122. The summed E-state index contributed by atoms with van der Waals surface area (Å²) in [6.45, 7) is 2.09. The molecule has 2 aromatic rings. The number of fused-ring (bicyclic) bond motifs is 1. The number of thiazole rings is 1. The third-order valence-corrected chi connectivity index (χ3v) is 5.26. The highest BCUT2D eigenvalue weighted by Crippen LogP contribution is 2.34. The van der Waals surface area contributed by atoms with Gasteiger partial charge in [0.1, 0.15) is 5.75 Å². The third-order valence-electron chi connectivity index (χ3n) is 4.30. The Kier molecular flexibility index (Phi) is 4.01. The number of rotatable bonds is 3. The summed E-state index contributed by atoms with van der Waals surface area (Å²) in [4.78, 5) is 17.7. The van der Waals surface area contributed by atoms with Crippen LogP contribution in [0.15, 0.2) is 24.4 Å². The maximum atomic E-state index is 12.3. The fourth-order valence-electron chi connectivity index (χ4n) is 2.97. The maximum Gasteiger partial charge on any atom is 0.229 e. The van der Waals surface area contributed by atoms with E-state index in [1.165, 1.54) is 16.9 Å². The van der Waals surface area contributed by atoms with E-state index in [4.69, 9.17) is 9.47 Å². The molecular weight excluding hydrogens is 312 g/mol. The van der Waals surface area contributed by atoms with Crippen molar-refractivity contribution in [2.24, 2.45) is 5.92 Å². The number of nitrogens with zero attached hydrogens (tertiary/aromatic N) is 1. The molecule has 4 rings (SSSR count). The van der Waals surface area contributed by atoms with Crippen molar-refractivity contribution in [1.82, 2.24) is 4.98 Å². The lowest BCUT2D eigenvalue weighted by Gasteiger charge is -2.20. The average Bonchev–Trinajstić information content (AvgIpc) is 3.23. The largest absolute Gasteiger partial charge is 0.493 e. The van der Waals surface area contributed by atoms with Gasteiger partial charge in [0, 0.05) is 31.7 Å². The first-order chi connectivity index (χ1) is 11.3. The van der Waals surface area contributed by atoms with E-state index >= 15 is 0 Å². The molecule has 0 saturated carbocycles. The van der Waals surface area contributed by atoms with Gasteiger partial charge < -0.3 is 14.8 Å². The van der Waals surface area contributed by atoms with Crippen LogP contribution in [0, 0.1) is 5.92 Å². The topological polar surface area (TPSA) is 60.5 Å². The minimum absolute atomic E-state index is 0.0354. The van der Waals surface area contributed by atoms with Crippen molar-refractivity contribution in [1.29, 1.82) is 0 Å². The summed E-state index contributed by atoms with van der Waals surface area (Å²) < 4.78 is 10.8. The fraction of sp³-hybridized carbons (Fsp3) is 0.412. The van der Waals surface area contributed by atoms with Gasteiger partial charge in [0.05, 0.1) is 11.5 Å². The molecule has 6 heteroatoms. The van der Waals surface area contributed by atoms with Crippen molar-refractivity contribution in [3.05, 3.63) is 30.0 Å². The van der Waals surface area contributed by atoms with Crippen LogP contribution in [0.5, 0.6) is 5.75 Å². The minimum atomic E-state index is 0.0354. The summed E-state index contributed by atoms with van der Waals surface area (Å²) >= 11 is 1.51. The molecular formula is C17H18N2O3S. The second-order valence-corrected chi connectivity index (χ2v) is 6.86. The quantitative estimate of drug-likeness (QED) is 0.939. The van der Waals surface area contributed by atoms with Gasteiger partial charge in [-0.25, -0.2) is 4.98 Å². The van der Waals surface area contributed by atoms with Gasteiger partial charge in [-0.3, -0.25) is 4.79 Å². The van der Waals surface area contributed by atoms with E-state index in [9.17, 15) is 4.79 Å². The van der Waals surface area contributed by atoms with Crippen LogP contribution in [0.3, 0.4) is 0 Å². The van der Waals surface area contributed by atoms with Crippen LogP contribution in [-0.4, -0.2) is 30.7 Å². The molecule has 1 aromatic carbocycles. The lowest BCUT2D eigenvalue weighted by Crippen LogP contribution is -2.28. The molecule has 1 saturated heterocycles. The first kappa shape index (κ1) is 14.7. The van der Waals surface area contributed by atoms with Gasteiger partial charge in [0.25, 0.3) is 0 Å². The van der Waals surface area contributed by atoms with E-state index in [2.05, 4.69) is 16.4 Å². The molecule has 1 amide bonds. The van der Waals surface area contributed by atoms with Crippen LogP contribution in [0.25, 0.3) is 10.4 Å². The summed E-state index contributed by atoms with van der Waals surface area (Å²) in [7, 11) is 0. The Balaban J connectivity index is 1.47. The Morgan fingerprint density at radius 1 is 1.26 bits per heavy atom. The van der Waals surface area contributed by atoms with Gasteiger partial charge in [0.15, 0.2) is 5.13 Å². The zero-order valence-corrected chi connectivity index (χ0v) is 13.5. The van der Waals surface area contributed by atoms with E-state index < -0.39 is 0 Å². The second kappa shape index (κ2) is 6.29. The number of carbonyl (C=O) groups is 1. The van der Waals surface area contributed by atoms with Crippen LogP contribution in [0.4, 0.5) is 5.13 Å². The highest BCUT2D eigenvalue weighted by molar-refractivity contribution is 7.19. The van der Waals surface area contributed by atoms with Crippen LogP contribution >= 0.6 is 11.3 Å². The summed E-state index contributed by atoms with van der Waals surface area (Å²) in [6, 6.07) is 6.21. The Labute approximate surface area is 138 Å². The third kappa shape index (κ3) is 3.09. The number of carbonyl (C=O) groups excluding carboxylic acids is 1. The highest BCUT2D eigenvalue weighted by Gasteiger charge is 2.22. The van der Waals surface area contributed by atoms with E-state index in [1.54, 1.807) is 0 Å². The van der Waals surface area contributed by atoms with Crippen molar-refractivity contribution < 1.29 is 14.3 Å². The van der Waals surface area contributed by atoms with Crippen LogP contribution in [0.2, 0.25) is 0 Å². The Bertz CT molecular complexity index is 722. The standard InChI is InChI=1S/C17H18N2O3S/c20-16(11-3-6-21-7-4-11)19-17-18-10-15(23-17)13-1-2-14-12(9-13)5-8-22-14/h1-2,9-11H,3-8H2,(H,18,19,20). The van der Waals surface area contributed by atoms with Crippen molar-refractivity contribution in [2.45, 2.75) is 19.3 Å². The van der Waals surface area contributed by atoms with E-state index in [1.807, 2.05) is 18.3 Å². The number of anilines is 1. The zero-order valence-electron chi connectivity index (χ0n) is 12.7. The van der Waals surface area contributed by atoms with Gasteiger partial charge in [-0.2, -0.15) is 0 Å². The molecule has 1 fully saturated rings. The molecule has 2 aliphatic rings. The molecule has 2 aliphatic heterocycles. The number of ether oxygens (including phenoxy) is 2. The Hall–Kier alpha value is -1.92. The number of hydrogen-bond acceptors (Lipinski definition) is 5. The van der Waals surface area contributed by atoms with Gasteiger partial charge >= 0.3 is 0 Å². The predicted molar refractivity (Wildman–Crippen MR) is 88.9 cm³/mol. The summed E-state index contributed by atoms with van der Waals surface area (Å²) in [5.41, 5.74) is 2.36. The van der Waals surface area contributed by atoms with E-state index in [0.29, 0.717) is 18.3 Å². The molecule has 23 heavy (non-hydrogen) atoms. The monoisotopic (exact) mass is 330 g/mol. The Morgan fingerprint density at radius 2 is 2.13 bits per heavy atom. The average molecular weight is 330 g/mol. The van der Waals surface area contributed by atoms with Crippen LogP contribution in [0.1, 0.15) is 18.4 Å². The zero-order chi connectivity index (χ0) is 15.6. The molecule has 3 heterocycles. The molecule has 0 bridgehead atoms. The number of hydrogen-bond donors (Lipinski definition) is 1. The Morgan fingerprint density at radius 3 is 3.00 bits per heavy atom. The van der Waals surface area contributed by atoms with Gasteiger partial charge in [0.2, 0.25) is 5.91 Å². The predicted octanol–water partition coefficient (Wildman–Crippen LogP) is 3.11. The summed E-state index contributed by atoms with van der Waals surface area (Å²) in [6.07, 6.45) is 4.35. The summed E-state index contributed by atoms with van der Waals surface area (Å²) in [5, 5.41) is 3.60. The molecule has 1 aromatic heterocycles. The fourth-order valence-corrected chi connectivity index (χ4v) is 3.79.